The molecule has 0 saturated heterocycles. The number of nitrogens with zero attached hydrogens (tertiary/aromatic N) is 4. The van der Waals surface area contributed by atoms with Crippen LogP contribution in [0, 0.1) is 22.7 Å². The summed E-state index contributed by atoms with van der Waals surface area (Å²) in [6.07, 6.45) is 0. The summed E-state index contributed by atoms with van der Waals surface area (Å²) >= 11 is 0. The fraction of sp³-hybridized carbons (Fsp3) is 0. The molecule has 5 nitrogen and oxygen atoms in total. The number of benzene rings is 7. The Kier molecular flexibility index (Phi) is 5.64. The van der Waals surface area contributed by atoms with Crippen molar-refractivity contribution in [1.29, 1.82) is 10.5 Å². The Hall–Kier alpha value is -7.08. The molecule has 7 aromatic carbocycles. The van der Waals surface area contributed by atoms with Crippen LogP contribution in [0.1, 0.15) is 11.1 Å². The lowest BCUT2D eigenvalue weighted by atomic mass is 9.98. The van der Waals surface area contributed by atoms with E-state index in [0.29, 0.717) is 11.1 Å². The van der Waals surface area contributed by atoms with E-state index in [0.717, 1.165) is 82.7 Å². The summed E-state index contributed by atoms with van der Waals surface area (Å²) in [7, 11) is 0. The first-order valence-corrected chi connectivity index (χ1v) is 16.1. The van der Waals surface area contributed by atoms with Crippen LogP contribution in [0.25, 0.3) is 88.1 Å². The third-order valence-corrected chi connectivity index (χ3v) is 9.77. The standard InChI is InChI=1S/C44H24N4O/c45-25-27-17-21-40-36(23-27)31-12-5-7-16-39(31)48(40)41-22-18-28(26-46)24-37(41)34-14-8-13-33-35-20-19-32-30-11-4-6-15-38(30)47(29-9-2-1-3-10-29)42(32)44(35)49-43(33)34/h1-24H. The highest BCUT2D eigenvalue weighted by atomic mass is 16.3. The van der Waals surface area contributed by atoms with Gasteiger partial charge in [-0.15, -0.1) is 0 Å². The van der Waals surface area contributed by atoms with Crippen molar-refractivity contribution in [3.05, 3.63) is 157 Å². The molecule has 0 unspecified atom stereocenters. The largest absolute Gasteiger partial charge is 0.453 e. The van der Waals surface area contributed by atoms with E-state index in [-0.39, 0.29) is 0 Å². The van der Waals surface area contributed by atoms with E-state index in [9.17, 15) is 10.5 Å². The highest BCUT2D eigenvalue weighted by molar-refractivity contribution is 6.22. The monoisotopic (exact) mass is 624 g/mol. The Morgan fingerprint density at radius 1 is 0.429 bits per heavy atom. The van der Waals surface area contributed by atoms with E-state index < -0.39 is 0 Å². The van der Waals surface area contributed by atoms with Gasteiger partial charge >= 0.3 is 0 Å². The molecular weight excluding hydrogens is 601 g/mol. The molecule has 10 rings (SSSR count). The number of para-hydroxylation sites is 4. The van der Waals surface area contributed by atoms with Gasteiger partial charge in [0.15, 0.2) is 5.58 Å². The summed E-state index contributed by atoms with van der Waals surface area (Å²) in [6, 6.07) is 54.1. The lowest BCUT2D eigenvalue weighted by Crippen LogP contribution is -1.98. The van der Waals surface area contributed by atoms with E-state index in [2.05, 4.69) is 112 Å². The fourth-order valence-corrected chi connectivity index (χ4v) is 7.68. The minimum Gasteiger partial charge on any atom is -0.453 e. The van der Waals surface area contributed by atoms with Crippen molar-refractivity contribution in [3.8, 4) is 34.6 Å². The van der Waals surface area contributed by atoms with Gasteiger partial charge in [0.05, 0.1) is 51.0 Å². The minimum absolute atomic E-state index is 0.561. The smallest absolute Gasteiger partial charge is 0.160 e. The molecule has 10 aromatic rings. The highest BCUT2D eigenvalue weighted by Gasteiger charge is 2.23. The normalized spacial score (nSPS) is 11.6. The van der Waals surface area contributed by atoms with E-state index in [1.54, 1.807) is 0 Å². The Morgan fingerprint density at radius 2 is 1.04 bits per heavy atom. The van der Waals surface area contributed by atoms with Crippen molar-refractivity contribution in [3.63, 3.8) is 0 Å². The van der Waals surface area contributed by atoms with Crippen molar-refractivity contribution >= 4 is 65.6 Å². The van der Waals surface area contributed by atoms with Gasteiger partial charge < -0.3 is 13.6 Å². The van der Waals surface area contributed by atoms with Crippen LogP contribution in [0.15, 0.2) is 150 Å². The van der Waals surface area contributed by atoms with Gasteiger partial charge in [-0.1, -0.05) is 78.9 Å². The van der Waals surface area contributed by atoms with Crippen LogP contribution in [0.5, 0.6) is 0 Å². The molecule has 0 spiro atoms. The number of fused-ring (bicyclic) bond motifs is 10. The zero-order valence-corrected chi connectivity index (χ0v) is 26.1. The first kappa shape index (κ1) is 27.1. The molecule has 0 atom stereocenters. The summed E-state index contributed by atoms with van der Waals surface area (Å²) in [5.74, 6) is 0. The number of aromatic nitrogens is 2. The molecule has 0 saturated carbocycles. The minimum atomic E-state index is 0.561. The number of hydrogen-bond acceptors (Lipinski definition) is 3. The average Bonchev–Trinajstić information content (AvgIpc) is 3.82. The molecule has 5 heteroatoms. The maximum atomic E-state index is 10.1. The van der Waals surface area contributed by atoms with Crippen LogP contribution in [-0.2, 0) is 0 Å². The molecule has 0 radical (unpaired) electrons. The fourth-order valence-electron chi connectivity index (χ4n) is 7.68. The first-order valence-electron chi connectivity index (χ1n) is 16.1. The second-order valence-electron chi connectivity index (χ2n) is 12.4. The predicted octanol–water partition coefficient (Wildman–Crippen LogP) is 11.2. The molecule has 0 amide bonds. The Bertz CT molecular complexity index is 3070. The molecule has 0 bridgehead atoms. The van der Waals surface area contributed by atoms with Gasteiger partial charge in [-0.2, -0.15) is 10.5 Å². The van der Waals surface area contributed by atoms with Crippen LogP contribution >= 0.6 is 0 Å². The number of furan rings is 1. The molecule has 3 heterocycles. The lowest BCUT2D eigenvalue weighted by molar-refractivity contribution is 0.672. The second-order valence-corrected chi connectivity index (χ2v) is 12.4. The molecule has 226 valence electrons. The molecule has 0 fully saturated rings. The average molecular weight is 625 g/mol. The van der Waals surface area contributed by atoms with Crippen molar-refractivity contribution < 1.29 is 4.42 Å². The van der Waals surface area contributed by atoms with Crippen molar-refractivity contribution in [2.45, 2.75) is 0 Å². The number of nitriles is 2. The summed E-state index contributed by atoms with van der Waals surface area (Å²) in [6.45, 7) is 0. The van der Waals surface area contributed by atoms with Gasteiger partial charge in [-0.05, 0) is 66.7 Å². The Labute approximate surface area is 280 Å². The Morgan fingerprint density at radius 3 is 1.84 bits per heavy atom. The summed E-state index contributed by atoms with van der Waals surface area (Å²) in [5, 5.41) is 26.2. The molecular formula is C44H24N4O. The molecule has 3 aromatic heterocycles. The van der Waals surface area contributed by atoms with Gasteiger partial charge in [0.25, 0.3) is 0 Å². The Balaban J connectivity index is 1.32. The SMILES string of the molecule is N#Cc1ccc(-n2c3ccccc3c3cc(C#N)ccc32)c(-c2cccc3c2oc2c3ccc3c4ccccc4n(-c4ccccc4)c32)c1. The zero-order valence-electron chi connectivity index (χ0n) is 26.1. The van der Waals surface area contributed by atoms with Gasteiger partial charge in [-0.25, -0.2) is 0 Å². The van der Waals surface area contributed by atoms with E-state index >= 15 is 0 Å². The maximum absolute atomic E-state index is 10.1. The van der Waals surface area contributed by atoms with Crippen molar-refractivity contribution in [1.82, 2.24) is 9.13 Å². The quantitative estimate of drug-likeness (QED) is 0.196. The third kappa shape index (κ3) is 3.79. The van der Waals surface area contributed by atoms with Gasteiger partial charge in [0, 0.05) is 49.1 Å². The van der Waals surface area contributed by atoms with Gasteiger partial charge in [-0.3, -0.25) is 0 Å². The van der Waals surface area contributed by atoms with Crippen LogP contribution < -0.4 is 0 Å². The van der Waals surface area contributed by atoms with Crippen LogP contribution in [-0.4, -0.2) is 9.13 Å². The zero-order chi connectivity index (χ0) is 32.6. The second kappa shape index (κ2) is 10.2. The molecule has 0 aliphatic rings. The molecule has 0 aliphatic heterocycles. The molecule has 0 aliphatic carbocycles. The maximum Gasteiger partial charge on any atom is 0.160 e. The highest BCUT2D eigenvalue weighted by Crippen LogP contribution is 2.44. The van der Waals surface area contributed by atoms with Gasteiger partial charge in [0.1, 0.15) is 5.58 Å². The number of rotatable bonds is 3. The van der Waals surface area contributed by atoms with Crippen molar-refractivity contribution in [2.75, 3.05) is 0 Å². The summed E-state index contributed by atoms with van der Waals surface area (Å²) in [4.78, 5) is 0. The van der Waals surface area contributed by atoms with Crippen molar-refractivity contribution in [2.24, 2.45) is 0 Å². The van der Waals surface area contributed by atoms with Gasteiger partial charge in [0.2, 0.25) is 0 Å². The molecule has 49 heavy (non-hydrogen) atoms. The van der Waals surface area contributed by atoms with Crippen LogP contribution in [0.3, 0.4) is 0 Å². The topological polar surface area (TPSA) is 70.6 Å². The van der Waals surface area contributed by atoms with Crippen LogP contribution in [0.4, 0.5) is 0 Å². The summed E-state index contributed by atoms with van der Waals surface area (Å²) in [5.41, 5.74) is 10.7. The lowest BCUT2D eigenvalue weighted by Gasteiger charge is -2.15. The summed E-state index contributed by atoms with van der Waals surface area (Å²) < 4.78 is 11.6. The van der Waals surface area contributed by atoms with Crippen LogP contribution in [0.2, 0.25) is 0 Å². The third-order valence-electron chi connectivity index (χ3n) is 9.77. The predicted molar refractivity (Wildman–Crippen MR) is 197 cm³/mol. The number of hydrogen-bond donors (Lipinski definition) is 0. The first-order chi connectivity index (χ1) is 24.2. The van der Waals surface area contributed by atoms with E-state index in [4.69, 9.17) is 4.42 Å². The molecule has 0 N–H and O–H groups in total. The van der Waals surface area contributed by atoms with E-state index in [1.807, 2.05) is 54.6 Å². The van der Waals surface area contributed by atoms with E-state index in [1.165, 1.54) is 5.39 Å².